The van der Waals surface area contributed by atoms with Gasteiger partial charge >= 0.3 is 0 Å². The normalized spacial score (nSPS) is 16.8. The van der Waals surface area contributed by atoms with Gasteiger partial charge in [-0.15, -0.1) is 0 Å². The fraction of sp³-hybridized carbons (Fsp3) is 0.235. The largest absolute Gasteiger partial charge is 0.490 e. The van der Waals surface area contributed by atoms with Gasteiger partial charge in [-0.2, -0.15) is 0 Å². The summed E-state index contributed by atoms with van der Waals surface area (Å²) in [6, 6.07) is 14.0. The second-order valence-electron chi connectivity index (χ2n) is 5.09. The lowest BCUT2D eigenvalue weighted by Crippen LogP contribution is -2.05. The van der Waals surface area contributed by atoms with Gasteiger partial charge in [-0.3, -0.25) is 4.79 Å². The highest BCUT2D eigenvalue weighted by atomic mass is 16.5. The van der Waals surface area contributed by atoms with Crippen molar-refractivity contribution >= 4 is 5.78 Å². The minimum Gasteiger partial charge on any atom is -0.490 e. The minimum atomic E-state index is 0.0997. The number of rotatable bonds is 2. The van der Waals surface area contributed by atoms with Crippen LogP contribution in [0.1, 0.15) is 29.8 Å². The van der Waals surface area contributed by atoms with Crippen LogP contribution >= 0.6 is 0 Å². The quantitative estimate of drug-likeness (QED) is 0.758. The van der Waals surface area contributed by atoms with E-state index in [4.69, 9.17) is 4.74 Å². The first-order valence-electron chi connectivity index (χ1n) is 6.54. The van der Waals surface area contributed by atoms with Crippen LogP contribution in [-0.4, -0.2) is 11.9 Å². The Kier molecular flexibility index (Phi) is 2.86. The highest BCUT2D eigenvalue weighted by Gasteiger charge is 2.19. The number of Topliss-reactive ketones (excluding diaryl/α,β-unsaturated/α-hetero) is 1. The molecule has 96 valence electrons. The molecule has 0 aliphatic carbocycles. The van der Waals surface area contributed by atoms with Crippen molar-refractivity contribution in [3.05, 3.63) is 53.6 Å². The molecule has 0 radical (unpaired) electrons. The van der Waals surface area contributed by atoms with Gasteiger partial charge in [0.1, 0.15) is 11.9 Å². The summed E-state index contributed by atoms with van der Waals surface area (Å²) in [5.41, 5.74) is 4.32. The predicted octanol–water partition coefficient (Wildman–Crippen LogP) is 3.88. The Morgan fingerprint density at radius 1 is 1.11 bits per heavy atom. The van der Waals surface area contributed by atoms with Crippen molar-refractivity contribution in [3.63, 3.8) is 0 Å². The third kappa shape index (κ3) is 2.26. The van der Waals surface area contributed by atoms with Crippen LogP contribution in [0.15, 0.2) is 42.5 Å². The van der Waals surface area contributed by atoms with Gasteiger partial charge in [0.05, 0.1) is 0 Å². The highest BCUT2D eigenvalue weighted by Crippen LogP contribution is 2.32. The molecule has 19 heavy (non-hydrogen) atoms. The monoisotopic (exact) mass is 252 g/mol. The fourth-order valence-corrected chi connectivity index (χ4v) is 2.50. The number of ether oxygens (including phenoxy) is 1. The van der Waals surface area contributed by atoms with Crippen molar-refractivity contribution in [1.29, 1.82) is 0 Å². The van der Waals surface area contributed by atoms with E-state index >= 15 is 0 Å². The first-order chi connectivity index (χ1) is 9.13. The molecule has 2 nitrogen and oxygen atoms in total. The number of hydrogen-bond acceptors (Lipinski definition) is 2. The summed E-state index contributed by atoms with van der Waals surface area (Å²) in [6.45, 7) is 3.67. The van der Waals surface area contributed by atoms with Crippen molar-refractivity contribution < 1.29 is 9.53 Å². The molecule has 0 N–H and O–H groups in total. The summed E-state index contributed by atoms with van der Waals surface area (Å²) in [4.78, 5) is 11.3. The summed E-state index contributed by atoms with van der Waals surface area (Å²) in [7, 11) is 0. The zero-order valence-electron chi connectivity index (χ0n) is 11.1. The molecule has 0 saturated carbocycles. The molecule has 1 unspecified atom stereocenters. The average Bonchev–Trinajstić information content (AvgIpc) is 2.77. The summed E-state index contributed by atoms with van der Waals surface area (Å²) in [5, 5.41) is 0. The smallest absolute Gasteiger partial charge is 0.159 e. The van der Waals surface area contributed by atoms with Crippen molar-refractivity contribution in [2.45, 2.75) is 26.4 Å². The molecule has 3 rings (SSSR count). The van der Waals surface area contributed by atoms with E-state index < -0.39 is 0 Å². The van der Waals surface area contributed by atoms with Gasteiger partial charge in [0.15, 0.2) is 5.78 Å². The third-order valence-corrected chi connectivity index (χ3v) is 3.52. The maximum Gasteiger partial charge on any atom is 0.159 e. The van der Waals surface area contributed by atoms with E-state index in [2.05, 4.69) is 19.1 Å². The van der Waals surface area contributed by atoms with Crippen molar-refractivity contribution in [1.82, 2.24) is 0 Å². The molecule has 1 aliphatic heterocycles. The minimum absolute atomic E-state index is 0.0997. The van der Waals surface area contributed by atoms with Gasteiger partial charge in [-0.1, -0.05) is 30.3 Å². The van der Waals surface area contributed by atoms with Crippen molar-refractivity contribution in [2.75, 3.05) is 0 Å². The van der Waals surface area contributed by atoms with E-state index in [-0.39, 0.29) is 11.9 Å². The number of fused-ring (bicyclic) bond motifs is 1. The van der Waals surface area contributed by atoms with Crippen LogP contribution in [0, 0.1) is 0 Å². The van der Waals surface area contributed by atoms with E-state index in [9.17, 15) is 4.79 Å². The lowest BCUT2D eigenvalue weighted by Gasteiger charge is -2.05. The van der Waals surface area contributed by atoms with Crippen molar-refractivity contribution in [3.8, 4) is 16.9 Å². The van der Waals surface area contributed by atoms with Gasteiger partial charge in [-0.05, 0) is 42.7 Å². The molecule has 0 amide bonds. The second kappa shape index (κ2) is 4.54. The van der Waals surface area contributed by atoms with Crippen LogP contribution < -0.4 is 4.74 Å². The van der Waals surface area contributed by atoms with E-state index in [0.29, 0.717) is 0 Å². The maximum absolute atomic E-state index is 11.3. The van der Waals surface area contributed by atoms with E-state index in [1.807, 2.05) is 30.3 Å². The van der Waals surface area contributed by atoms with Gasteiger partial charge < -0.3 is 4.74 Å². The van der Waals surface area contributed by atoms with E-state index in [1.54, 1.807) is 6.92 Å². The van der Waals surface area contributed by atoms with Crippen LogP contribution in [0.3, 0.4) is 0 Å². The molecule has 1 atom stereocenters. The third-order valence-electron chi connectivity index (χ3n) is 3.52. The lowest BCUT2D eigenvalue weighted by molar-refractivity contribution is 0.101. The molecule has 2 heteroatoms. The molecule has 1 heterocycles. The highest BCUT2D eigenvalue weighted by molar-refractivity contribution is 5.94. The molecule has 0 bridgehead atoms. The first-order valence-corrected chi connectivity index (χ1v) is 6.54. The molecule has 0 spiro atoms. The Morgan fingerprint density at radius 2 is 1.79 bits per heavy atom. The maximum atomic E-state index is 11.3. The van der Waals surface area contributed by atoms with Gasteiger partial charge in [0.25, 0.3) is 0 Å². The molecular formula is C17H16O2. The standard InChI is InChI=1S/C17H16O2/c1-11-9-16-10-15(7-8-17(16)19-11)14-5-3-13(4-6-14)12(2)18/h3-8,10-11H,9H2,1-2H3. The topological polar surface area (TPSA) is 26.3 Å². The number of carbonyl (C=O) groups is 1. The first kappa shape index (κ1) is 12.0. The Morgan fingerprint density at radius 3 is 2.47 bits per heavy atom. The predicted molar refractivity (Wildman–Crippen MR) is 75.7 cm³/mol. The molecule has 1 aliphatic rings. The molecule has 0 aromatic heterocycles. The summed E-state index contributed by atoms with van der Waals surface area (Å²) in [5.74, 6) is 1.10. The fourth-order valence-electron chi connectivity index (χ4n) is 2.50. The molecular weight excluding hydrogens is 236 g/mol. The number of ketones is 1. The molecule has 0 fully saturated rings. The summed E-state index contributed by atoms with van der Waals surface area (Å²) < 4.78 is 5.70. The summed E-state index contributed by atoms with van der Waals surface area (Å²) in [6.07, 6.45) is 1.24. The van der Waals surface area contributed by atoms with Crippen molar-refractivity contribution in [2.24, 2.45) is 0 Å². The molecule has 2 aromatic rings. The van der Waals surface area contributed by atoms with Gasteiger partial charge in [0.2, 0.25) is 0 Å². The van der Waals surface area contributed by atoms with Crippen LogP contribution in [0.25, 0.3) is 11.1 Å². The van der Waals surface area contributed by atoms with Crippen LogP contribution in [-0.2, 0) is 6.42 Å². The molecule has 0 saturated heterocycles. The zero-order chi connectivity index (χ0) is 13.4. The average molecular weight is 252 g/mol. The van der Waals surface area contributed by atoms with Crippen LogP contribution in [0.2, 0.25) is 0 Å². The van der Waals surface area contributed by atoms with Gasteiger partial charge in [0, 0.05) is 12.0 Å². The SMILES string of the molecule is CC(=O)c1ccc(-c2ccc3c(c2)CC(C)O3)cc1. The number of carbonyl (C=O) groups excluding carboxylic acids is 1. The summed E-state index contributed by atoms with van der Waals surface area (Å²) >= 11 is 0. The van der Waals surface area contributed by atoms with Crippen LogP contribution in [0.4, 0.5) is 0 Å². The van der Waals surface area contributed by atoms with E-state index in [1.165, 1.54) is 11.1 Å². The zero-order valence-corrected chi connectivity index (χ0v) is 11.1. The Bertz CT molecular complexity index is 626. The second-order valence-corrected chi connectivity index (χ2v) is 5.09. The van der Waals surface area contributed by atoms with Gasteiger partial charge in [-0.25, -0.2) is 0 Å². The number of hydrogen-bond donors (Lipinski definition) is 0. The number of benzene rings is 2. The van der Waals surface area contributed by atoms with E-state index in [0.717, 1.165) is 23.3 Å². The lowest BCUT2D eigenvalue weighted by atomic mass is 9.99. The molecule has 2 aromatic carbocycles. The Balaban J connectivity index is 1.95. The van der Waals surface area contributed by atoms with Crippen LogP contribution in [0.5, 0.6) is 5.75 Å². The Hall–Kier alpha value is -2.09. The Labute approximate surface area is 113 Å².